The second kappa shape index (κ2) is 4.61. The minimum atomic E-state index is -0.441. The molecule has 0 saturated heterocycles. The summed E-state index contributed by atoms with van der Waals surface area (Å²) in [6.45, 7) is 1.83. The molecule has 96 valence electrons. The van der Waals surface area contributed by atoms with Crippen molar-refractivity contribution in [3.05, 3.63) is 54.7 Å². The van der Waals surface area contributed by atoms with Crippen LogP contribution in [0.2, 0.25) is 0 Å². The first kappa shape index (κ1) is 11.5. The number of ether oxygens (including phenoxy) is 1. The average molecular weight is 255 g/mol. The number of aromatic amines is 1. The van der Waals surface area contributed by atoms with Crippen LogP contribution in [-0.2, 0) is 4.74 Å². The number of para-hydroxylation sites is 1. The van der Waals surface area contributed by atoms with Gasteiger partial charge in [-0.15, -0.1) is 0 Å². The standard InChI is InChI=1S/C14H13N3O2/c1-10(19-14(18)17-7-6-15-9-17)13-8-11-4-2-3-5-12(11)16-13/h2-10,16H,1H3. The van der Waals surface area contributed by atoms with Crippen LogP contribution >= 0.6 is 0 Å². The predicted molar refractivity (Wildman–Crippen MR) is 70.8 cm³/mol. The van der Waals surface area contributed by atoms with Crippen LogP contribution < -0.4 is 0 Å². The van der Waals surface area contributed by atoms with E-state index >= 15 is 0 Å². The molecule has 3 aromatic rings. The minimum Gasteiger partial charge on any atom is -0.439 e. The van der Waals surface area contributed by atoms with E-state index in [0.717, 1.165) is 16.6 Å². The van der Waals surface area contributed by atoms with Gasteiger partial charge in [-0.1, -0.05) is 18.2 Å². The Hall–Kier alpha value is -2.56. The minimum absolute atomic E-state index is 0.345. The van der Waals surface area contributed by atoms with Crippen molar-refractivity contribution in [3.63, 3.8) is 0 Å². The van der Waals surface area contributed by atoms with E-state index in [9.17, 15) is 4.79 Å². The summed E-state index contributed by atoms with van der Waals surface area (Å²) in [5.74, 6) is 0. The van der Waals surface area contributed by atoms with Gasteiger partial charge in [-0.2, -0.15) is 0 Å². The van der Waals surface area contributed by atoms with Gasteiger partial charge in [0, 0.05) is 17.9 Å². The fourth-order valence-electron chi connectivity index (χ4n) is 1.96. The van der Waals surface area contributed by atoms with E-state index in [2.05, 4.69) is 9.97 Å². The van der Waals surface area contributed by atoms with Crippen molar-refractivity contribution in [2.75, 3.05) is 0 Å². The number of fused-ring (bicyclic) bond motifs is 1. The molecule has 0 radical (unpaired) electrons. The van der Waals surface area contributed by atoms with Crippen molar-refractivity contribution in [1.29, 1.82) is 0 Å². The molecule has 3 rings (SSSR count). The highest BCUT2D eigenvalue weighted by molar-refractivity contribution is 5.80. The zero-order chi connectivity index (χ0) is 13.2. The van der Waals surface area contributed by atoms with Crippen LogP contribution in [0.4, 0.5) is 4.79 Å². The molecule has 0 amide bonds. The topological polar surface area (TPSA) is 59.9 Å². The molecule has 0 aliphatic heterocycles. The number of hydrogen-bond donors (Lipinski definition) is 1. The van der Waals surface area contributed by atoms with Crippen LogP contribution in [0.1, 0.15) is 18.7 Å². The molecule has 1 unspecified atom stereocenters. The number of imidazole rings is 1. The van der Waals surface area contributed by atoms with E-state index < -0.39 is 6.09 Å². The lowest BCUT2D eigenvalue weighted by atomic mass is 10.2. The maximum absolute atomic E-state index is 11.8. The molecule has 5 heteroatoms. The Bertz CT molecular complexity index is 667. The van der Waals surface area contributed by atoms with E-state index in [1.807, 2.05) is 37.3 Å². The van der Waals surface area contributed by atoms with Gasteiger partial charge >= 0.3 is 6.09 Å². The largest absolute Gasteiger partial charge is 0.439 e. The summed E-state index contributed by atoms with van der Waals surface area (Å²) in [4.78, 5) is 18.8. The van der Waals surface area contributed by atoms with Gasteiger partial charge in [0.1, 0.15) is 12.4 Å². The van der Waals surface area contributed by atoms with Crippen molar-refractivity contribution in [1.82, 2.24) is 14.5 Å². The van der Waals surface area contributed by atoms with Crippen molar-refractivity contribution in [3.8, 4) is 0 Å². The van der Waals surface area contributed by atoms with Crippen molar-refractivity contribution in [2.24, 2.45) is 0 Å². The molecule has 1 N–H and O–H groups in total. The fraction of sp³-hybridized carbons (Fsp3) is 0.143. The Kier molecular flexibility index (Phi) is 2.79. The zero-order valence-corrected chi connectivity index (χ0v) is 10.4. The Morgan fingerprint density at radius 2 is 2.26 bits per heavy atom. The summed E-state index contributed by atoms with van der Waals surface area (Å²) in [5, 5.41) is 1.10. The third-order valence-corrected chi connectivity index (χ3v) is 2.98. The smallest absolute Gasteiger partial charge is 0.419 e. The van der Waals surface area contributed by atoms with Crippen LogP contribution in [0.25, 0.3) is 10.9 Å². The van der Waals surface area contributed by atoms with E-state index in [1.165, 1.54) is 17.1 Å². The highest BCUT2D eigenvalue weighted by Crippen LogP contribution is 2.22. The molecule has 2 aromatic heterocycles. The van der Waals surface area contributed by atoms with Gasteiger partial charge in [0.15, 0.2) is 0 Å². The normalized spacial score (nSPS) is 12.5. The zero-order valence-electron chi connectivity index (χ0n) is 10.4. The summed E-state index contributed by atoms with van der Waals surface area (Å²) >= 11 is 0. The molecular weight excluding hydrogens is 242 g/mol. The first-order valence-electron chi connectivity index (χ1n) is 6.00. The van der Waals surface area contributed by atoms with Crippen LogP contribution in [0.3, 0.4) is 0 Å². The van der Waals surface area contributed by atoms with Crippen LogP contribution in [0.15, 0.2) is 49.1 Å². The molecule has 1 atom stereocenters. The SMILES string of the molecule is CC(OC(=O)n1ccnc1)c1cc2ccccc2[nH]1. The first-order valence-corrected chi connectivity index (χ1v) is 6.00. The van der Waals surface area contributed by atoms with Gasteiger partial charge in [0.2, 0.25) is 0 Å². The quantitative estimate of drug-likeness (QED) is 0.765. The Balaban J connectivity index is 1.80. The fourth-order valence-corrected chi connectivity index (χ4v) is 1.96. The molecule has 19 heavy (non-hydrogen) atoms. The maximum atomic E-state index is 11.8. The third-order valence-electron chi connectivity index (χ3n) is 2.98. The molecule has 0 spiro atoms. The lowest BCUT2D eigenvalue weighted by Crippen LogP contribution is -2.14. The van der Waals surface area contributed by atoms with Gasteiger partial charge in [0.25, 0.3) is 0 Å². The van der Waals surface area contributed by atoms with E-state index in [-0.39, 0.29) is 6.10 Å². The first-order chi connectivity index (χ1) is 9.24. The highest BCUT2D eigenvalue weighted by atomic mass is 16.6. The molecular formula is C14H13N3O2. The monoisotopic (exact) mass is 255 g/mol. The molecule has 0 aliphatic carbocycles. The lowest BCUT2D eigenvalue weighted by molar-refractivity contribution is 0.107. The molecule has 0 bridgehead atoms. The molecule has 5 nitrogen and oxygen atoms in total. The maximum Gasteiger partial charge on any atom is 0.419 e. The van der Waals surface area contributed by atoms with Crippen LogP contribution in [-0.4, -0.2) is 20.6 Å². The highest BCUT2D eigenvalue weighted by Gasteiger charge is 2.14. The van der Waals surface area contributed by atoms with E-state index in [1.54, 1.807) is 6.20 Å². The molecule has 0 saturated carbocycles. The molecule has 1 aromatic carbocycles. The van der Waals surface area contributed by atoms with E-state index in [0.29, 0.717) is 0 Å². The average Bonchev–Trinajstić information content (AvgIpc) is 3.07. The number of nitrogens with one attached hydrogen (secondary N) is 1. The van der Waals surface area contributed by atoms with Crippen molar-refractivity contribution >= 4 is 17.0 Å². The number of carbonyl (C=O) groups is 1. The number of rotatable bonds is 2. The van der Waals surface area contributed by atoms with Crippen molar-refractivity contribution in [2.45, 2.75) is 13.0 Å². The van der Waals surface area contributed by atoms with Gasteiger partial charge in [-0.25, -0.2) is 14.3 Å². The number of H-pyrrole nitrogens is 1. The van der Waals surface area contributed by atoms with Crippen LogP contribution in [0.5, 0.6) is 0 Å². The third kappa shape index (κ3) is 2.22. The van der Waals surface area contributed by atoms with Gasteiger partial charge in [-0.05, 0) is 24.4 Å². The second-order valence-corrected chi connectivity index (χ2v) is 4.31. The van der Waals surface area contributed by atoms with Crippen LogP contribution in [0, 0.1) is 0 Å². The van der Waals surface area contributed by atoms with E-state index in [4.69, 9.17) is 4.74 Å². The Morgan fingerprint density at radius 1 is 1.42 bits per heavy atom. The second-order valence-electron chi connectivity index (χ2n) is 4.31. The number of aromatic nitrogens is 3. The van der Waals surface area contributed by atoms with Gasteiger partial charge < -0.3 is 9.72 Å². The van der Waals surface area contributed by atoms with Gasteiger partial charge in [-0.3, -0.25) is 0 Å². The number of carbonyl (C=O) groups excluding carboxylic acids is 1. The summed E-state index contributed by atoms with van der Waals surface area (Å²) in [6, 6.07) is 9.93. The summed E-state index contributed by atoms with van der Waals surface area (Å²) in [6.07, 6.45) is 3.72. The number of hydrogen-bond acceptors (Lipinski definition) is 3. The molecule has 0 fully saturated rings. The summed E-state index contributed by atoms with van der Waals surface area (Å²) in [5.41, 5.74) is 1.90. The number of benzene rings is 1. The van der Waals surface area contributed by atoms with Crippen molar-refractivity contribution < 1.29 is 9.53 Å². The van der Waals surface area contributed by atoms with Gasteiger partial charge in [0.05, 0.1) is 5.69 Å². The molecule has 0 aliphatic rings. The lowest BCUT2D eigenvalue weighted by Gasteiger charge is -2.11. The summed E-state index contributed by atoms with van der Waals surface area (Å²) in [7, 11) is 0. The predicted octanol–water partition coefficient (Wildman–Crippen LogP) is 3.11. The Labute approximate surface area is 109 Å². The Morgan fingerprint density at radius 3 is 3.00 bits per heavy atom. The molecule has 2 heterocycles. The number of nitrogens with zero attached hydrogens (tertiary/aromatic N) is 2. The summed E-state index contributed by atoms with van der Waals surface area (Å²) < 4.78 is 6.67.